The number of nitrogens with zero attached hydrogens (tertiary/aromatic N) is 1. The molecule has 0 aromatic carbocycles. The van der Waals surface area contributed by atoms with Crippen LogP contribution in [0.25, 0.3) is 0 Å². The van der Waals surface area contributed by atoms with Gasteiger partial charge in [0, 0.05) is 15.8 Å². The highest BCUT2D eigenvalue weighted by molar-refractivity contribution is 7.12. The summed E-state index contributed by atoms with van der Waals surface area (Å²) in [5.74, 6) is 0. The summed E-state index contributed by atoms with van der Waals surface area (Å²) in [4.78, 5) is 2.01. The molecule has 0 spiro atoms. The minimum Gasteiger partial charge on any atom is -0.324 e. The highest BCUT2D eigenvalue weighted by Crippen LogP contribution is 2.50. The smallest absolute Gasteiger partial charge is 0.110 e. The minimum atomic E-state index is -0.0371. The zero-order valence-electron chi connectivity index (χ0n) is 8.50. The second kappa shape index (κ2) is 2.82. The molecule has 2 N–H and O–H groups in total. The van der Waals surface area contributed by atoms with Crippen LogP contribution in [0, 0.1) is 11.3 Å². The molecular weight excluding hydrogens is 192 g/mol. The second-order valence-corrected chi connectivity index (χ2v) is 5.64. The number of hydrogen-bond donors (Lipinski definition) is 1. The maximum atomic E-state index is 8.76. The number of nitriles is 1. The zero-order chi connectivity index (χ0) is 10.4. The van der Waals surface area contributed by atoms with Crippen molar-refractivity contribution in [2.45, 2.75) is 37.6 Å². The molecule has 0 bridgehead atoms. The molecular formula is C11H14N2S. The van der Waals surface area contributed by atoms with E-state index in [2.05, 4.69) is 19.9 Å². The van der Waals surface area contributed by atoms with Gasteiger partial charge in [0.1, 0.15) is 10.9 Å². The molecule has 1 aliphatic rings. The largest absolute Gasteiger partial charge is 0.324 e. The van der Waals surface area contributed by atoms with E-state index in [0.717, 1.165) is 17.7 Å². The Bertz CT molecular complexity index is 394. The summed E-state index contributed by atoms with van der Waals surface area (Å²) in [7, 11) is 0. The monoisotopic (exact) mass is 206 g/mol. The third kappa shape index (κ3) is 1.26. The van der Waals surface area contributed by atoms with Crippen molar-refractivity contribution in [3.05, 3.63) is 21.9 Å². The third-order valence-corrected chi connectivity index (χ3v) is 4.68. The van der Waals surface area contributed by atoms with E-state index in [1.54, 1.807) is 11.3 Å². The lowest BCUT2D eigenvalue weighted by Crippen LogP contribution is -2.42. The molecule has 0 amide bonds. The Morgan fingerprint density at radius 1 is 1.50 bits per heavy atom. The van der Waals surface area contributed by atoms with Gasteiger partial charge in [-0.3, -0.25) is 0 Å². The lowest BCUT2D eigenvalue weighted by Gasteiger charge is -2.30. The van der Waals surface area contributed by atoms with Crippen LogP contribution in [0.3, 0.4) is 0 Å². The van der Waals surface area contributed by atoms with E-state index in [1.165, 1.54) is 4.88 Å². The molecule has 0 atom stereocenters. The maximum absolute atomic E-state index is 8.76. The standard InChI is InChI=1S/C11H14N2S/c1-10(2,11(13)5-6-11)9-4-3-8(7-12)14-9/h3-4H,5-6,13H2,1-2H3. The highest BCUT2D eigenvalue weighted by atomic mass is 32.1. The Labute approximate surface area is 88.4 Å². The van der Waals surface area contributed by atoms with E-state index in [4.69, 9.17) is 11.0 Å². The van der Waals surface area contributed by atoms with E-state index >= 15 is 0 Å². The first-order chi connectivity index (χ1) is 6.49. The van der Waals surface area contributed by atoms with Gasteiger partial charge in [-0.15, -0.1) is 11.3 Å². The van der Waals surface area contributed by atoms with E-state index in [-0.39, 0.29) is 11.0 Å². The molecule has 2 nitrogen and oxygen atoms in total. The predicted octanol–water partition coefficient (Wildman–Crippen LogP) is 2.39. The van der Waals surface area contributed by atoms with Gasteiger partial charge in [-0.25, -0.2) is 0 Å². The van der Waals surface area contributed by atoms with Gasteiger partial charge in [0.05, 0.1) is 0 Å². The van der Waals surface area contributed by atoms with Crippen LogP contribution in [0.1, 0.15) is 36.4 Å². The van der Waals surface area contributed by atoms with Crippen molar-refractivity contribution in [3.8, 4) is 6.07 Å². The van der Waals surface area contributed by atoms with Gasteiger partial charge in [0.15, 0.2) is 0 Å². The Morgan fingerprint density at radius 3 is 2.57 bits per heavy atom. The first-order valence-electron chi connectivity index (χ1n) is 4.79. The van der Waals surface area contributed by atoms with Crippen molar-refractivity contribution in [2.24, 2.45) is 5.73 Å². The molecule has 1 saturated carbocycles. The molecule has 1 aromatic heterocycles. The van der Waals surface area contributed by atoms with Crippen LogP contribution >= 0.6 is 11.3 Å². The summed E-state index contributed by atoms with van der Waals surface area (Å²) >= 11 is 1.57. The van der Waals surface area contributed by atoms with Gasteiger partial charge in [0.2, 0.25) is 0 Å². The molecule has 0 unspecified atom stereocenters. The van der Waals surface area contributed by atoms with Crippen LogP contribution in [0.4, 0.5) is 0 Å². The Balaban J connectivity index is 2.35. The van der Waals surface area contributed by atoms with Gasteiger partial charge < -0.3 is 5.73 Å². The summed E-state index contributed by atoms with van der Waals surface area (Å²) in [6, 6.07) is 6.09. The maximum Gasteiger partial charge on any atom is 0.110 e. The number of hydrogen-bond acceptors (Lipinski definition) is 3. The topological polar surface area (TPSA) is 49.8 Å². The van der Waals surface area contributed by atoms with Gasteiger partial charge in [-0.05, 0) is 25.0 Å². The lowest BCUT2D eigenvalue weighted by molar-refractivity contribution is 0.398. The average Bonchev–Trinajstić information content (AvgIpc) is 2.73. The SMILES string of the molecule is CC(C)(c1ccc(C#N)s1)C1(N)CC1. The van der Waals surface area contributed by atoms with Crippen LogP contribution in [-0.4, -0.2) is 5.54 Å². The molecule has 1 fully saturated rings. The molecule has 0 saturated heterocycles. The fourth-order valence-corrected chi connectivity index (χ4v) is 2.75. The van der Waals surface area contributed by atoms with Crippen LogP contribution in [0.15, 0.2) is 12.1 Å². The second-order valence-electron chi connectivity index (χ2n) is 4.56. The summed E-state index contributed by atoms with van der Waals surface area (Å²) in [6.07, 6.45) is 2.19. The van der Waals surface area contributed by atoms with Crippen molar-refractivity contribution in [3.63, 3.8) is 0 Å². The quantitative estimate of drug-likeness (QED) is 0.807. The summed E-state index contributed by atoms with van der Waals surface area (Å²) < 4.78 is 0. The molecule has 1 aromatic rings. The molecule has 3 heteroatoms. The minimum absolute atomic E-state index is 0.00671. The molecule has 1 heterocycles. The number of nitrogens with two attached hydrogens (primary N) is 1. The summed E-state index contributed by atoms with van der Waals surface area (Å²) in [6.45, 7) is 4.35. The molecule has 74 valence electrons. The molecule has 0 aliphatic heterocycles. The first-order valence-corrected chi connectivity index (χ1v) is 5.60. The Morgan fingerprint density at radius 2 is 2.14 bits per heavy atom. The van der Waals surface area contributed by atoms with Crippen molar-refractivity contribution < 1.29 is 0 Å². The number of thiophene rings is 1. The van der Waals surface area contributed by atoms with Crippen molar-refractivity contribution in [2.75, 3.05) is 0 Å². The molecule has 2 rings (SSSR count). The fraction of sp³-hybridized carbons (Fsp3) is 0.545. The van der Waals surface area contributed by atoms with E-state index in [9.17, 15) is 0 Å². The van der Waals surface area contributed by atoms with Gasteiger partial charge in [-0.1, -0.05) is 13.8 Å². The zero-order valence-corrected chi connectivity index (χ0v) is 9.32. The molecule has 14 heavy (non-hydrogen) atoms. The predicted molar refractivity (Wildman–Crippen MR) is 58.2 cm³/mol. The fourth-order valence-electron chi connectivity index (χ4n) is 1.74. The van der Waals surface area contributed by atoms with E-state index in [0.29, 0.717) is 0 Å². The van der Waals surface area contributed by atoms with Crippen LogP contribution in [0.2, 0.25) is 0 Å². The summed E-state index contributed by atoms with van der Waals surface area (Å²) in [5.41, 5.74) is 6.20. The number of rotatable bonds is 2. The van der Waals surface area contributed by atoms with Crippen molar-refractivity contribution >= 4 is 11.3 Å². The first kappa shape index (κ1) is 9.70. The van der Waals surface area contributed by atoms with Crippen molar-refractivity contribution in [1.82, 2.24) is 0 Å². The normalized spacial score (nSPS) is 19.0. The Kier molecular flexibility index (Phi) is 1.95. The van der Waals surface area contributed by atoms with Gasteiger partial charge >= 0.3 is 0 Å². The Hall–Kier alpha value is -0.850. The van der Waals surface area contributed by atoms with Crippen LogP contribution in [0.5, 0.6) is 0 Å². The van der Waals surface area contributed by atoms with E-state index < -0.39 is 0 Å². The lowest BCUT2D eigenvalue weighted by atomic mass is 9.81. The molecule has 1 aliphatic carbocycles. The van der Waals surface area contributed by atoms with E-state index in [1.807, 2.05) is 12.1 Å². The average molecular weight is 206 g/mol. The van der Waals surface area contributed by atoms with Crippen LogP contribution in [-0.2, 0) is 5.41 Å². The van der Waals surface area contributed by atoms with Crippen molar-refractivity contribution in [1.29, 1.82) is 5.26 Å². The highest BCUT2D eigenvalue weighted by Gasteiger charge is 2.52. The summed E-state index contributed by atoms with van der Waals surface area (Å²) in [5, 5.41) is 8.76. The van der Waals surface area contributed by atoms with Gasteiger partial charge in [0.25, 0.3) is 0 Å². The van der Waals surface area contributed by atoms with Crippen LogP contribution < -0.4 is 5.73 Å². The third-order valence-electron chi connectivity index (χ3n) is 3.37. The molecule has 0 radical (unpaired) electrons. The van der Waals surface area contributed by atoms with Gasteiger partial charge in [-0.2, -0.15) is 5.26 Å².